The Bertz CT molecular complexity index is 728. The quantitative estimate of drug-likeness (QED) is 0.813. The molecule has 1 atom stereocenters. The van der Waals surface area contributed by atoms with Gasteiger partial charge in [-0.2, -0.15) is 0 Å². The molecule has 2 aromatic rings. The van der Waals surface area contributed by atoms with Gasteiger partial charge in [0.2, 0.25) is 0 Å². The lowest BCUT2D eigenvalue weighted by molar-refractivity contribution is -0.141. The van der Waals surface area contributed by atoms with E-state index in [9.17, 15) is 9.59 Å². The predicted molar refractivity (Wildman–Crippen MR) is 67.2 cm³/mol. The number of esters is 1. The van der Waals surface area contributed by atoms with Crippen molar-refractivity contribution in [3.63, 3.8) is 0 Å². The van der Waals surface area contributed by atoms with Crippen molar-refractivity contribution >= 4 is 23.3 Å². The highest BCUT2D eigenvalue weighted by Crippen LogP contribution is 2.38. The second-order valence-corrected chi connectivity index (χ2v) is 4.46. The molecule has 0 bridgehead atoms. The minimum atomic E-state index is -0.271. The summed E-state index contributed by atoms with van der Waals surface area (Å²) in [7, 11) is 0. The van der Waals surface area contributed by atoms with Crippen molar-refractivity contribution in [2.75, 3.05) is 6.61 Å². The fourth-order valence-corrected chi connectivity index (χ4v) is 1.90. The zero-order valence-electron chi connectivity index (χ0n) is 10.3. The highest BCUT2D eigenvalue weighted by molar-refractivity contribution is 5.72. The van der Waals surface area contributed by atoms with Crippen LogP contribution in [-0.2, 0) is 9.53 Å². The van der Waals surface area contributed by atoms with Crippen LogP contribution in [0.15, 0.2) is 23.0 Å². The van der Waals surface area contributed by atoms with E-state index >= 15 is 0 Å². The number of hydrogen-bond donors (Lipinski definition) is 1. The van der Waals surface area contributed by atoms with Crippen molar-refractivity contribution in [1.82, 2.24) is 19.5 Å². The van der Waals surface area contributed by atoms with Gasteiger partial charge in [0.15, 0.2) is 11.2 Å². The zero-order valence-corrected chi connectivity index (χ0v) is 10.3. The molecule has 1 saturated carbocycles. The highest BCUT2D eigenvalue weighted by atomic mass is 16.5. The van der Waals surface area contributed by atoms with Crippen molar-refractivity contribution < 1.29 is 9.53 Å². The van der Waals surface area contributed by atoms with Gasteiger partial charge in [-0.3, -0.25) is 14.2 Å². The predicted octanol–water partition coefficient (Wildman–Crippen LogP) is 0.544. The lowest BCUT2D eigenvalue weighted by Crippen LogP contribution is -2.06. The molecular weight excluding hydrogens is 248 g/mol. The summed E-state index contributed by atoms with van der Waals surface area (Å²) in [6.45, 7) is 1.80. The van der Waals surface area contributed by atoms with Crippen LogP contribution < -0.4 is 5.56 Å². The Kier molecular flexibility index (Phi) is 2.66. The number of carbonyl (C=O) groups excluding carboxylic acids is 1. The molecule has 1 N–H and O–H groups in total. The summed E-state index contributed by atoms with van der Waals surface area (Å²) < 4.78 is 6.66. The number of fused-ring (bicyclic) bond motifs is 1. The summed E-state index contributed by atoms with van der Waals surface area (Å²) in [5.74, 6) is -0.00382. The molecule has 19 heavy (non-hydrogen) atoms. The Labute approximate surface area is 107 Å². The summed E-state index contributed by atoms with van der Waals surface area (Å²) >= 11 is 0. The molecule has 98 valence electrons. The maximum Gasteiger partial charge on any atom is 0.302 e. The molecule has 0 radical (unpaired) electrons. The number of imidazole rings is 1. The topological polar surface area (TPSA) is 89.9 Å². The van der Waals surface area contributed by atoms with E-state index in [1.54, 1.807) is 10.9 Å². The van der Waals surface area contributed by atoms with Gasteiger partial charge in [0, 0.05) is 19.0 Å². The summed E-state index contributed by atoms with van der Waals surface area (Å²) in [6.07, 6.45) is 5.68. The van der Waals surface area contributed by atoms with E-state index in [1.807, 2.05) is 6.20 Å². The fourth-order valence-electron chi connectivity index (χ4n) is 1.90. The first kappa shape index (κ1) is 11.6. The molecule has 0 aromatic carbocycles. The highest BCUT2D eigenvalue weighted by Gasteiger charge is 2.31. The van der Waals surface area contributed by atoms with E-state index in [0.29, 0.717) is 17.8 Å². The van der Waals surface area contributed by atoms with Crippen molar-refractivity contribution in [1.29, 1.82) is 0 Å². The van der Waals surface area contributed by atoms with Crippen LogP contribution in [0.25, 0.3) is 17.4 Å². The lowest BCUT2D eigenvalue weighted by atomic mass is 10.4. The number of nitrogens with one attached hydrogen (secondary N) is 1. The number of nitrogens with zero attached hydrogens (tertiary/aromatic N) is 3. The summed E-state index contributed by atoms with van der Waals surface area (Å²) in [6, 6.07) is 0. The number of hydrogen-bond acceptors (Lipinski definition) is 5. The fraction of sp³-hybridized carbons (Fsp3) is 0.333. The number of ether oxygens (including phenoxy) is 1. The van der Waals surface area contributed by atoms with Crippen LogP contribution in [0.5, 0.6) is 0 Å². The molecule has 0 amide bonds. The molecule has 0 spiro atoms. The van der Waals surface area contributed by atoms with Crippen LogP contribution in [0, 0.1) is 5.92 Å². The van der Waals surface area contributed by atoms with Crippen molar-refractivity contribution in [2.24, 2.45) is 5.92 Å². The molecular formula is C12H12N4O3. The largest absolute Gasteiger partial charge is 0.465 e. The van der Waals surface area contributed by atoms with Gasteiger partial charge in [-0.25, -0.2) is 9.97 Å². The van der Waals surface area contributed by atoms with Crippen molar-refractivity contribution in [3.8, 4) is 0 Å². The van der Waals surface area contributed by atoms with E-state index < -0.39 is 0 Å². The smallest absolute Gasteiger partial charge is 0.302 e. The first-order chi connectivity index (χ1) is 9.15. The van der Waals surface area contributed by atoms with Gasteiger partial charge < -0.3 is 9.72 Å². The number of H-pyrrole nitrogens is 1. The van der Waals surface area contributed by atoms with Crippen LogP contribution in [0.3, 0.4) is 0 Å². The monoisotopic (exact) mass is 260 g/mol. The second-order valence-electron chi connectivity index (χ2n) is 4.46. The van der Waals surface area contributed by atoms with Crippen molar-refractivity contribution in [3.05, 3.63) is 28.6 Å². The third-order valence-electron chi connectivity index (χ3n) is 3.00. The third-order valence-corrected chi connectivity index (χ3v) is 3.00. The zero-order chi connectivity index (χ0) is 13.4. The molecule has 0 unspecified atom stereocenters. The Morgan fingerprint density at radius 1 is 1.63 bits per heavy atom. The molecule has 0 aliphatic heterocycles. The lowest BCUT2D eigenvalue weighted by Gasteiger charge is -1.97. The van der Waals surface area contributed by atoms with E-state index in [2.05, 4.69) is 15.0 Å². The van der Waals surface area contributed by atoms with E-state index in [1.165, 1.54) is 13.3 Å². The standard InChI is InChI=1S/C12H12N4O3/c1-7(17)19-4-9-2-8(9)3-16-6-15-10-11(16)13-5-14-12(10)18/h3,5-6,9H,2,4H2,1H3,(H,13,14,18)/b8-3-/t9-/m1/s1. The van der Waals surface area contributed by atoms with Gasteiger partial charge >= 0.3 is 5.97 Å². The Balaban J connectivity index is 1.82. The molecule has 2 aromatic heterocycles. The molecule has 7 nitrogen and oxygen atoms in total. The maximum absolute atomic E-state index is 11.5. The molecule has 3 rings (SSSR count). The van der Waals surface area contributed by atoms with Crippen LogP contribution in [0.2, 0.25) is 0 Å². The average molecular weight is 260 g/mol. The van der Waals surface area contributed by atoms with Gasteiger partial charge in [-0.15, -0.1) is 0 Å². The number of rotatable bonds is 3. The summed E-state index contributed by atoms with van der Waals surface area (Å²) in [5, 5.41) is 0. The van der Waals surface area contributed by atoms with Gasteiger partial charge in [0.05, 0.1) is 12.9 Å². The minimum Gasteiger partial charge on any atom is -0.465 e. The second kappa shape index (κ2) is 4.34. The minimum absolute atomic E-state index is 0.255. The van der Waals surface area contributed by atoms with E-state index in [0.717, 1.165) is 12.0 Å². The Morgan fingerprint density at radius 3 is 3.26 bits per heavy atom. The van der Waals surface area contributed by atoms with E-state index in [4.69, 9.17) is 4.74 Å². The third kappa shape index (κ3) is 2.26. The number of aromatic nitrogens is 4. The van der Waals surface area contributed by atoms with Gasteiger partial charge in [0.1, 0.15) is 6.33 Å². The van der Waals surface area contributed by atoms with Gasteiger partial charge in [0.25, 0.3) is 5.56 Å². The number of carbonyl (C=O) groups is 1. The molecule has 2 heterocycles. The van der Waals surface area contributed by atoms with Crippen LogP contribution in [0.1, 0.15) is 13.3 Å². The Morgan fingerprint density at radius 2 is 2.47 bits per heavy atom. The first-order valence-electron chi connectivity index (χ1n) is 5.89. The molecule has 1 aliphatic carbocycles. The van der Waals surface area contributed by atoms with Crippen LogP contribution >= 0.6 is 0 Å². The first-order valence-corrected chi connectivity index (χ1v) is 5.89. The average Bonchev–Trinajstić information content (AvgIpc) is 2.98. The van der Waals surface area contributed by atoms with Crippen molar-refractivity contribution in [2.45, 2.75) is 13.3 Å². The van der Waals surface area contributed by atoms with Gasteiger partial charge in [-0.05, 0) is 12.0 Å². The van der Waals surface area contributed by atoms with Gasteiger partial charge in [-0.1, -0.05) is 0 Å². The Hall–Kier alpha value is -2.44. The molecule has 7 heteroatoms. The molecule has 1 aliphatic rings. The SMILES string of the molecule is CC(=O)OC[C@H]1C/C1=C/n1cnc2c(=O)[nH]cnc21. The maximum atomic E-state index is 11.5. The summed E-state index contributed by atoms with van der Waals surface area (Å²) in [4.78, 5) is 32.8. The summed E-state index contributed by atoms with van der Waals surface area (Å²) in [5.41, 5.74) is 1.74. The van der Waals surface area contributed by atoms with Crippen LogP contribution in [0.4, 0.5) is 0 Å². The molecule has 0 saturated heterocycles. The number of aromatic amines is 1. The van der Waals surface area contributed by atoms with Crippen LogP contribution in [-0.4, -0.2) is 32.1 Å². The molecule has 1 fully saturated rings. The normalized spacial score (nSPS) is 19.8. The van der Waals surface area contributed by atoms with E-state index in [-0.39, 0.29) is 17.4 Å².